The molecule has 1 aromatic heterocycles. The molecule has 0 atom stereocenters. The van der Waals surface area contributed by atoms with Gasteiger partial charge in [-0.25, -0.2) is 0 Å². The molecule has 0 saturated carbocycles. The van der Waals surface area contributed by atoms with Crippen molar-refractivity contribution in [2.75, 3.05) is 5.73 Å². The van der Waals surface area contributed by atoms with E-state index in [0.717, 1.165) is 16.7 Å². The van der Waals surface area contributed by atoms with Gasteiger partial charge in [-0.15, -0.1) is 0 Å². The Morgan fingerprint density at radius 2 is 1.89 bits per heavy atom. The Labute approximate surface area is 106 Å². The van der Waals surface area contributed by atoms with Gasteiger partial charge >= 0.3 is 0 Å². The van der Waals surface area contributed by atoms with Crippen molar-refractivity contribution >= 4 is 5.82 Å². The minimum Gasteiger partial charge on any atom is -0.507 e. The lowest BCUT2D eigenvalue weighted by atomic mass is 9.84. The highest BCUT2D eigenvalue weighted by molar-refractivity contribution is 5.65. The molecule has 0 aliphatic heterocycles. The zero-order valence-corrected chi connectivity index (χ0v) is 11.1. The molecule has 2 aromatic rings. The molecule has 0 aliphatic carbocycles. The van der Waals surface area contributed by atoms with Crippen LogP contribution in [0, 0.1) is 6.92 Å². The van der Waals surface area contributed by atoms with E-state index < -0.39 is 0 Å². The molecular weight excluding hydrogens is 228 g/mol. The van der Waals surface area contributed by atoms with E-state index in [1.807, 2.05) is 19.1 Å². The summed E-state index contributed by atoms with van der Waals surface area (Å²) in [5.74, 6) is 1.30. The van der Waals surface area contributed by atoms with Gasteiger partial charge in [-0.1, -0.05) is 25.9 Å². The molecule has 0 fully saturated rings. The molecule has 3 N–H and O–H groups in total. The number of aromatic hydroxyl groups is 1. The monoisotopic (exact) mass is 246 g/mol. The highest BCUT2D eigenvalue weighted by Crippen LogP contribution is 2.37. The molecule has 4 heteroatoms. The van der Waals surface area contributed by atoms with E-state index in [1.165, 1.54) is 0 Å². The number of benzene rings is 1. The Morgan fingerprint density at radius 3 is 2.39 bits per heavy atom. The maximum Gasteiger partial charge on any atom is 0.169 e. The molecule has 18 heavy (non-hydrogen) atoms. The molecule has 2 rings (SSSR count). The number of rotatable bonds is 1. The number of nitrogen functional groups attached to an aromatic ring is 1. The summed E-state index contributed by atoms with van der Waals surface area (Å²) < 4.78 is 5.16. The standard InChI is InChI=1S/C14H18N2O2/c1-8-5-9(11-7-12(15)16-18-11)6-10(13(8)17)14(2,3)4/h5-7,17H,1-4H3,(H2,15,16). The fourth-order valence-corrected chi connectivity index (χ4v) is 1.92. The minimum absolute atomic E-state index is 0.142. The van der Waals surface area contributed by atoms with Crippen LogP contribution in [0.25, 0.3) is 11.3 Å². The van der Waals surface area contributed by atoms with Gasteiger partial charge in [0.2, 0.25) is 0 Å². The Balaban J connectivity index is 2.61. The van der Waals surface area contributed by atoms with Crippen molar-refractivity contribution in [1.82, 2.24) is 5.16 Å². The first kappa shape index (κ1) is 12.5. The van der Waals surface area contributed by atoms with Gasteiger partial charge in [0.25, 0.3) is 0 Å². The van der Waals surface area contributed by atoms with Gasteiger partial charge in [-0.3, -0.25) is 0 Å². The van der Waals surface area contributed by atoms with Crippen molar-refractivity contribution in [1.29, 1.82) is 0 Å². The number of aromatic nitrogens is 1. The number of phenolic OH excluding ortho intramolecular Hbond substituents is 1. The predicted molar refractivity (Wildman–Crippen MR) is 71.5 cm³/mol. The summed E-state index contributed by atoms with van der Waals surface area (Å²) in [5.41, 5.74) is 7.98. The van der Waals surface area contributed by atoms with Gasteiger partial charge in [-0.05, 0) is 30.0 Å². The first-order chi connectivity index (χ1) is 8.29. The van der Waals surface area contributed by atoms with Gasteiger partial charge < -0.3 is 15.4 Å². The second-order valence-corrected chi connectivity index (χ2v) is 5.56. The van der Waals surface area contributed by atoms with E-state index >= 15 is 0 Å². The highest BCUT2D eigenvalue weighted by Gasteiger charge is 2.21. The van der Waals surface area contributed by atoms with Crippen LogP contribution in [0.2, 0.25) is 0 Å². The second kappa shape index (κ2) is 4.05. The summed E-state index contributed by atoms with van der Waals surface area (Å²) in [5, 5.41) is 13.8. The molecule has 4 nitrogen and oxygen atoms in total. The van der Waals surface area contributed by atoms with Gasteiger partial charge in [-0.2, -0.15) is 0 Å². The van der Waals surface area contributed by atoms with Crippen molar-refractivity contribution < 1.29 is 9.63 Å². The molecule has 1 heterocycles. The van der Waals surface area contributed by atoms with Crippen LogP contribution in [0.15, 0.2) is 22.7 Å². The second-order valence-electron chi connectivity index (χ2n) is 5.56. The lowest BCUT2D eigenvalue weighted by molar-refractivity contribution is 0.433. The summed E-state index contributed by atoms with van der Waals surface area (Å²) in [6.45, 7) is 8.04. The maximum atomic E-state index is 10.1. The van der Waals surface area contributed by atoms with Crippen LogP contribution in [-0.2, 0) is 5.41 Å². The fourth-order valence-electron chi connectivity index (χ4n) is 1.92. The van der Waals surface area contributed by atoms with Crippen LogP contribution in [0.1, 0.15) is 31.9 Å². The third-order valence-corrected chi connectivity index (χ3v) is 2.92. The lowest BCUT2D eigenvalue weighted by Gasteiger charge is -2.22. The number of hydrogen-bond acceptors (Lipinski definition) is 4. The topological polar surface area (TPSA) is 72.3 Å². The van der Waals surface area contributed by atoms with Crippen LogP contribution >= 0.6 is 0 Å². The normalized spacial score (nSPS) is 11.8. The maximum absolute atomic E-state index is 10.1. The van der Waals surface area contributed by atoms with E-state index in [4.69, 9.17) is 10.3 Å². The van der Waals surface area contributed by atoms with E-state index in [9.17, 15) is 5.11 Å². The first-order valence-corrected chi connectivity index (χ1v) is 5.85. The van der Waals surface area contributed by atoms with Gasteiger partial charge in [0.1, 0.15) is 5.75 Å². The zero-order chi connectivity index (χ0) is 13.5. The van der Waals surface area contributed by atoms with Crippen molar-refractivity contribution in [3.8, 4) is 17.1 Å². The number of anilines is 1. The highest BCUT2D eigenvalue weighted by atomic mass is 16.5. The largest absolute Gasteiger partial charge is 0.507 e. The van der Waals surface area contributed by atoms with Gasteiger partial charge in [0.05, 0.1) is 0 Å². The molecule has 0 unspecified atom stereocenters. The molecule has 0 aliphatic rings. The number of nitrogens with two attached hydrogens (primary N) is 1. The van der Waals surface area contributed by atoms with E-state index in [1.54, 1.807) is 6.07 Å². The van der Waals surface area contributed by atoms with Crippen LogP contribution in [-0.4, -0.2) is 10.3 Å². The molecule has 0 radical (unpaired) electrons. The van der Waals surface area contributed by atoms with Crippen LogP contribution in [0.4, 0.5) is 5.82 Å². The molecule has 96 valence electrons. The minimum atomic E-state index is -0.142. The summed E-state index contributed by atoms with van der Waals surface area (Å²) in [6.07, 6.45) is 0. The number of nitrogens with zero attached hydrogens (tertiary/aromatic N) is 1. The zero-order valence-electron chi connectivity index (χ0n) is 11.1. The van der Waals surface area contributed by atoms with Crippen LogP contribution in [0.3, 0.4) is 0 Å². The van der Waals surface area contributed by atoms with Crippen molar-refractivity contribution in [2.24, 2.45) is 0 Å². The average molecular weight is 246 g/mol. The van der Waals surface area contributed by atoms with Crippen molar-refractivity contribution in [2.45, 2.75) is 33.1 Å². The quantitative estimate of drug-likeness (QED) is 0.810. The Morgan fingerprint density at radius 1 is 1.22 bits per heavy atom. The molecule has 1 aromatic carbocycles. The molecule has 0 amide bonds. The third kappa shape index (κ3) is 2.18. The SMILES string of the molecule is Cc1cc(-c2cc(N)no2)cc(C(C)(C)C)c1O. The van der Waals surface area contributed by atoms with Crippen molar-refractivity contribution in [3.05, 3.63) is 29.3 Å². The van der Waals surface area contributed by atoms with Gasteiger partial charge in [0.15, 0.2) is 11.6 Å². The molecule has 0 bridgehead atoms. The lowest BCUT2D eigenvalue weighted by Crippen LogP contribution is -2.12. The van der Waals surface area contributed by atoms with Gasteiger partial charge in [0, 0.05) is 17.2 Å². The Hall–Kier alpha value is -1.97. The van der Waals surface area contributed by atoms with Crippen LogP contribution < -0.4 is 5.73 Å². The molecule has 0 saturated heterocycles. The van der Waals surface area contributed by atoms with E-state index in [-0.39, 0.29) is 5.41 Å². The summed E-state index contributed by atoms with van der Waals surface area (Å²) >= 11 is 0. The summed E-state index contributed by atoms with van der Waals surface area (Å²) in [6, 6.07) is 5.46. The predicted octanol–water partition coefficient (Wildman–Crippen LogP) is 3.24. The third-order valence-electron chi connectivity index (χ3n) is 2.92. The number of phenols is 1. The first-order valence-electron chi connectivity index (χ1n) is 5.85. The van der Waals surface area contributed by atoms with E-state index in [0.29, 0.717) is 17.3 Å². The summed E-state index contributed by atoms with van der Waals surface area (Å²) in [7, 11) is 0. The van der Waals surface area contributed by atoms with Crippen LogP contribution in [0.5, 0.6) is 5.75 Å². The Kier molecular flexibility index (Phi) is 2.81. The average Bonchev–Trinajstić information content (AvgIpc) is 2.67. The Bertz CT molecular complexity index is 580. The molecular formula is C14H18N2O2. The summed E-state index contributed by atoms with van der Waals surface area (Å²) in [4.78, 5) is 0. The smallest absolute Gasteiger partial charge is 0.169 e. The molecule has 0 spiro atoms. The van der Waals surface area contributed by atoms with Crippen molar-refractivity contribution in [3.63, 3.8) is 0 Å². The fraction of sp³-hybridized carbons (Fsp3) is 0.357. The number of aryl methyl sites for hydroxylation is 1. The van der Waals surface area contributed by atoms with E-state index in [2.05, 4.69) is 25.9 Å². The number of hydrogen-bond donors (Lipinski definition) is 2.